The van der Waals surface area contributed by atoms with Gasteiger partial charge in [-0.1, -0.05) is 12.1 Å². The standard InChI is InChI=1S/C14H20N2O2/c17-13-5-1-3-10(14(13)18)9-15-11-6-8-16-7-2-4-12(11)16/h1,3,5,11-12,15,17-18H,2,4,6-9H2. The first-order valence-corrected chi connectivity index (χ1v) is 6.73. The number of phenolic OH excluding ortho intramolecular Hbond substituents is 2. The first-order chi connectivity index (χ1) is 8.75. The Labute approximate surface area is 107 Å². The molecule has 3 N–H and O–H groups in total. The van der Waals surface area contributed by atoms with Crippen LogP contribution in [-0.4, -0.2) is 40.3 Å². The van der Waals surface area contributed by atoms with Gasteiger partial charge >= 0.3 is 0 Å². The normalized spacial score (nSPS) is 27.6. The molecule has 1 aromatic rings. The van der Waals surface area contributed by atoms with Crippen LogP contribution in [0.5, 0.6) is 11.5 Å². The van der Waals surface area contributed by atoms with E-state index in [2.05, 4.69) is 10.2 Å². The van der Waals surface area contributed by atoms with Gasteiger partial charge in [-0.3, -0.25) is 4.90 Å². The van der Waals surface area contributed by atoms with Gasteiger partial charge in [0.15, 0.2) is 11.5 Å². The molecule has 2 unspecified atom stereocenters. The van der Waals surface area contributed by atoms with E-state index < -0.39 is 0 Å². The van der Waals surface area contributed by atoms with Gasteiger partial charge in [0, 0.05) is 30.7 Å². The second-order valence-corrected chi connectivity index (χ2v) is 5.31. The van der Waals surface area contributed by atoms with Gasteiger partial charge in [0.1, 0.15) is 0 Å². The fraction of sp³-hybridized carbons (Fsp3) is 0.571. The summed E-state index contributed by atoms with van der Waals surface area (Å²) in [6.45, 7) is 3.05. The lowest BCUT2D eigenvalue weighted by Crippen LogP contribution is -2.38. The van der Waals surface area contributed by atoms with Gasteiger partial charge in [-0.2, -0.15) is 0 Å². The van der Waals surface area contributed by atoms with E-state index in [9.17, 15) is 10.2 Å². The number of hydrogen-bond donors (Lipinski definition) is 3. The quantitative estimate of drug-likeness (QED) is 0.708. The maximum atomic E-state index is 9.76. The molecule has 0 bridgehead atoms. The van der Waals surface area contributed by atoms with E-state index in [-0.39, 0.29) is 11.5 Å². The molecule has 2 saturated heterocycles. The molecule has 4 heteroatoms. The van der Waals surface area contributed by atoms with Crippen molar-refractivity contribution in [2.75, 3.05) is 13.1 Å². The first kappa shape index (κ1) is 11.8. The summed E-state index contributed by atoms with van der Waals surface area (Å²) in [6.07, 6.45) is 3.77. The molecule has 2 fully saturated rings. The van der Waals surface area contributed by atoms with E-state index in [1.54, 1.807) is 6.07 Å². The largest absolute Gasteiger partial charge is 0.504 e. The molecule has 0 aromatic heterocycles. The monoisotopic (exact) mass is 248 g/mol. The van der Waals surface area contributed by atoms with Crippen LogP contribution in [0.3, 0.4) is 0 Å². The Balaban J connectivity index is 1.63. The van der Waals surface area contributed by atoms with Crippen LogP contribution >= 0.6 is 0 Å². The predicted octanol–water partition coefficient (Wildman–Crippen LogP) is 1.42. The van der Waals surface area contributed by atoms with Crippen molar-refractivity contribution >= 4 is 0 Å². The average molecular weight is 248 g/mol. The van der Waals surface area contributed by atoms with Gasteiger partial charge < -0.3 is 15.5 Å². The zero-order valence-electron chi connectivity index (χ0n) is 10.5. The number of aromatic hydroxyl groups is 2. The Kier molecular flexibility index (Phi) is 3.14. The van der Waals surface area contributed by atoms with Crippen molar-refractivity contribution in [1.29, 1.82) is 0 Å². The molecule has 2 atom stereocenters. The summed E-state index contributed by atoms with van der Waals surface area (Å²) >= 11 is 0. The maximum absolute atomic E-state index is 9.76. The zero-order valence-corrected chi connectivity index (χ0v) is 10.5. The third kappa shape index (κ3) is 2.06. The van der Waals surface area contributed by atoms with Crippen molar-refractivity contribution in [2.24, 2.45) is 0 Å². The van der Waals surface area contributed by atoms with Crippen LogP contribution in [0.2, 0.25) is 0 Å². The molecule has 98 valence electrons. The van der Waals surface area contributed by atoms with E-state index in [1.165, 1.54) is 38.4 Å². The van der Waals surface area contributed by atoms with Crippen LogP contribution < -0.4 is 5.32 Å². The number of nitrogens with one attached hydrogen (secondary N) is 1. The third-order valence-corrected chi connectivity index (χ3v) is 4.26. The number of para-hydroxylation sites is 1. The molecule has 18 heavy (non-hydrogen) atoms. The molecule has 4 nitrogen and oxygen atoms in total. The highest BCUT2D eigenvalue weighted by Gasteiger charge is 2.36. The van der Waals surface area contributed by atoms with Gasteiger partial charge in [0.25, 0.3) is 0 Å². The molecule has 2 heterocycles. The number of hydrogen-bond acceptors (Lipinski definition) is 4. The van der Waals surface area contributed by atoms with Gasteiger partial charge in [-0.05, 0) is 31.9 Å². The molecular formula is C14H20N2O2. The summed E-state index contributed by atoms with van der Waals surface area (Å²) in [5.41, 5.74) is 0.770. The molecule has 0 spiro atoms. The Morgan fingerprint density at radius 1 is 1.22 bits per heavy atom. The molecular weight excluding hydrogens is 228 g/mol. The summed E-state index contributed by atoms with van der Waals surface area (Å²) in [5.74, 6) is -0.0329. The average Bonchev–Trinajstić information content (AvgIpc) is 2.94. The highest BCUT2D eigenvalue weighted by Crippen LogP contribution is 2.30. The number of nitrogens with zero attached hydrogens (tertiary/aromatic N) is 1. The number of rotatable bonds is 3. The Morgan fingerprint density at radius 3 is 3.00 bits per heavy atom. The maximum Gasteiger partial charge on any atom is 0.161 e. The minimum atomic E-state index is -0.0387. The molecule has 0 saturated carbocycles. The van der Waals surface area contributed by atoms with Crippen molar-refractivity contribution in [3.8, 4) is 11.5 Å². The minimum Gasteiger partial charge on any atom is -0.504 e. The smallest absolute Gasteiger partial charge is 0.161 e. The van der Waals surface area contributed by atoms with Crippen molar-refractivity contribution in [1.82, 2.24) is 10.2 Å². The highest BCUT2D eigenvalue weighted by atomic mass is 16.3. The molecule has 0 amide bonds. The lowest BCUT2D eigenvalue weighted by atomic mass is 10.1. The Hall–Kier alpha value is -1.26. The summed E-state index contributed by atoms with van der Waals surface area (Å²) in [4.78, 5) is 2.56. The molecule has 0 radical (unpaired) electrons. The first-order valence-electron chi connectivity index (χ1n) is 6.73. The second-order valence-electron chi connectivity index (χ2n) is 5.31. The fourth-order valence-electron chi connectivity index (χ4n) is 3.28. The summed E-state index contributed by atoms with van der Waals surface area (Å²) in [5, 5.41) is 22.7. The van der Waals surface area contributed by atoms with Crippen molar-refractivity contribution in [3.05, 3.63) is 23.8 Å². The summed E-state index contributed by atoms with van der Waals surface area (Å²) in [7, 11) is 0. The number of benzene rings is 1. The van der Waals surface area contributed by atoms with Crippen molar-refractivity contribution in [2.45, 2.75) is 37.9 Å². The zero-order chi connectivity index (χ0) is 12.5. The second kappa shape index (κ2) is 4.78. The van der Waals surface area contributed by atoms with Crippen LogP contribution in [0, 0.1) is 0 Å². The Morgan fingerprint density at radius 2 is 2.11 bits per heavy atom. The predicted molar refractivity (Wildman–Crippen MR) is 69.6 cm³/mol. The molecule has 1 aromatic carbocycles. The molecule has 3 rings (SSSR count). The number of phenols is 2. The third-order valence-electron chi connectivity index (χ3n) is 4.26. The SMILES string of the molecule is Oc1cccc(CNC2CCN3CCCC23)c1O. The van der Waals surface area contributed by atoms with Gasteiger partial charge in [0.05, 0.1) is 0 Å². The van der Waals surface area contributed by atoms with Crippen LogP contribution in [0.25, 0.3) is 0 Å². The molecule has 2 aliphatic rings. The van der Waals surface area contributed by atoms with E-state index in [4.69, 9.17) is 0 Å². The Bertz CT molecular complexity index is 436. The summed E-state index contributed by atoms with van der Waals surface area (Å²) < 4.78 is 0. The van der Waals surface area contributed by atoms with Crippen molar-refractivity contribution in [3.63, 3.8) is 0 Å². The lowest BCUT2D eigenvalue weighted by Gasteiger charge is -2.21. The fourth-order valence-corrected chi connectivity index (χ4v) is 3.28. The van der Waals surface area contributed by atoms with E-state index in [0.29, 0.717) is 18.6 Å². The van der Waals surface area contributed by atoms with Crippen LogP contribution in [0.1, 0.15) is 24.8 Å². The van der Waals surface area contributed by atoms with E-state index in [1.807, 2.05) is 6.07 Å². The van der Waals surface area contributed by atoms with Crippen LogP contribution in [-0.2, 0) is 6.54 Å². The van der Waals surface area contributed by atoms with E-state index >= 15 is 0 Å². The van der Waals surface area contributed by atoms with Gasteiger partial charge in [0.2, 0.25) is 0 Å². The lowest BCUT2D eigenvalue weighted by molar-refractivity contribution is 0.298. The van der Waals surface area contributed by atoms with Gasteiger partial charge in [-0.15, -0.1) is 0 Å². The summed E-state index contributed by atoms with van der Waals surface area (Å²) in [6, 6.07) is 6.32. The van der Waals surface area contributed by atoms with Crippen molar-refractivity contribution < 1.29 is 10.2 Å². The number of fused-ring (bicyclic) bond motifs is 1. The topological polar surface area (TPSA) is 55.7 Å². The minimum absolute atomic E-state index is 0.00581. The van der Waals surface area contributed by atoms with Gasteiger partial charge in [-0.25, -0.2) is 0 Å². The molecule has 0 aliphatic carbocycles. The van der Waals surface area contributed by atoms with Crippen LogP contribution in [0.4, 0.5) is 0 Å². The van der Waals surface area contributed by atoms with E-state index in [0.717, 1.165) is 5.56 Å². The highest BCUT2D eigenvalue weighted by molar-refractivity contribution is 5.44. The van der Waals surface area contributed by atoms with Crippen LogP contribution in [0.15, 0.2) is 18.2 Å². The molecule has 2 aliphatic heterocycles.